The standard InChI is InChI=1S/C20H20N4O4/c1-26-15-7-11(8-16(27-2)19(15)28-3)18-17-13(5-4-6-14(17)25)23-20-12(9-21)10-22-24(18)20/h7-8,10,18,23H,4-6H2,1-3H3/t18-/m1/s1. The minimum Gasteiger partial charge on any atom is -0.493 e. The van der Waals surface area contributed by atoms with E-state index in [-0.39, 0.29) is 5.78 Å². The average molecular weight is 380 g/mol. The summed E-state index contributed by atoms with van der Waals surface area (Å²) in [5.41, 5.74) is 2.72. The van der Waals surface area contributed by atoms with E-state index in [0.29, 0.717) is 40.6 Å². The molecule has 1 aliphatic heterocycles. The fourth-order valence-electron chi connectivity index (χ4n) is 3.91. The van der Waals surface area contributed by atoms with Crippen LogP contribution < -0.4 is 19.5 Å². The Morgan fingerprint density at radius 3 is 2.50 bits per heavy atom. The monoisotopic (exact) mass is 380 g/mol. The number of methoxy groups -OCH3 is 3. The molecular weight excluding hydrogens is 360 g/mol. The zero-order chi connectivity index (χ0) is 19.8. The van der Waals surface area contributed by atoms with Gasteiger partial charge >= 0.3 is 0 Å². The molecule has 4 rings (SSSR count). The van der Waals surface area contributed by atoms with E-state index >= 15 is 0 Å². The van der Waals surface area contributed by atoms with Crippen LogP contribution in [-0.2, 0) is 4.79 Å². The van der Waals surface area contributed by atoms with E-state index < -0.39 is 6.04 Å². The Kier molecular flexibility index (Phi) is 4.43. The Labute approximate surface area is 162 Å². The number of aromatic nitrogens is 2. The maximum Gasteiger partial charge on any atom is 0.203 e. The zero-order valence-corrected chi connectivity index (χ0v) is 15.9. The molecule has 0 amide bonds. The topological polar surface area (TPSA) is 98.4 Å². The number of anilines is 1. The maximum atomic E-state index is 12.8. The summed E-state index contributed by atoms with van der Waals surface area (Å²) in [5, 5.41) is 17.1. The summed E-state index contributed by atoms with van der Waals surface area (Å²) < 4.78 is 18.1. The van der Waals surface area contributed by atoms with Crippen molar-refractivity contribution in [3.63, 3.8) is 0 Å². The van der Waals surface area contributed by atoms with Crippen molar-refractivity contribution < 1.29 is 19.0 Å². The number of nitrogens with zero attached hydrogens (tertiary/aromatic N) is 3. The minimum absolute atomic E-state index is 0.0761. The highest BCUT2D eigenvalue weighted by Crippen LogP contribution is 2.46. The minimum atomic E-state index is -0.477. The van der Waals surface area contributed by atoms with Gasteiger partial charge in [-0.25, -0.2) is 4.68 Å². The lowest BCUT2D eigenvalue weighted by molar-refractivity contribution is -0.116. The molecule has 28 heavy (non-hydrogen) atoms. The third-order valence-corrected chi connectivity index (χ3v) is 5.16. The molecule has 0 bridgehead atoms. The lowest BCUT2D eigenvalue weighted by Crippen LogP contribution is -2.31. The number of ether oxygens (including phenoxy) is 3. The second-order valence-electron chi connectivity index (χ2n) is 6.62. The number of nitrogens with one attached hydrogen (secondary N) is 1. The molecule has 0 radical (unpaired) electrons. The number of Topliss-reactive ketones (excluding diaryl/α,β-unsaturated/α-hetero) is 1. The molecule has 1 N–H and O–H groups in total. The van der Waals surface area contributed by atoms with E-state index in [0.717, 1.165) is 24.1 Å². The summed E-state index contributed by atoms with van der Waals surface area (Å²) in [7, 11) is 4.64. The lowest BCUT2D eigenvalue weighted by Gasteiger charge is -2.33. The number of hydrogen-bond donors (Lipinski definition) is 1. The number of nitriles is 1. The summed E-state index contributed by atoms with van der Waals surface area (Å²) in [6, 6.07) is 5.32. The van der Waals surface area contributed by atoms with Crippen molar-refractivity contribution in [3.05, 3.63) is 40.7 Å². The van der Waals surface area contributed by atoms with Gasteiger partial charge < -0.3 is 19.5 Å². The summed E-state index contributed by atoms with van der Waals surface area (Å²) in [6.07, 6.45) is 3.53. The van der Waals surface area contributed by atoms with E-state index in [1.807, 2.05) is 12.1 Å². The first-order valence-electron chi connectivity index (χ1n) is 8.93. The Bertz CT molecular complexity index is 1010. The number of rotatable bonds is 4. The quantitative estimate of drug-likeness (QED) is 0.871. The number of carbonyl (C=O) groups excluding carboxylic acids is 1. The molecule has 144 valence electrons. The van der Waals surface area contributed by atoms with Gasteiger partial charge in [0.15, 0.2) is 17.3 Å². The summed E-state index contributed by atoms with van der Waals surface area (Å²) in [6.45, 7) is 0. The molecule has 8 heteroatoms. The van der Waals surface area contributed by atoms with Crippen molar-refractivity contribution in [2.24, 2.45) is 0 Å². The predicted molar refractivity (Wildman–Crippen MR) is 101 cm³/mol. The van der Waals surface area contributed by atoms with Crippen LogP contribution in [0.25, 0.3) is 0 Å². The van der Waals surface area contributed by atoms with Crippen LogP contribution in [0.1, 0.15) is 36.4 Å². The van der Waals surface area contributed by atoms with E-state index in [1.165, 1.54) is 6.20 Å². The average Bonchev–Trinajstić information content (AvgIpc) is 3.13. The molecular formula is C20H20N4O4. The van der Waals surface area contributed by atoms with Crippen LogP contribution in [0.3, 0.4) is 0 Å². The van der Waals surface area contributed by atoms with E-state index in [1.54, 1.807) is 26.0 Å². The van der Waals surface area contributed by atoms with E-state index in [2.05, 4.69) is 16.5 Å². The number of carbonyl (C=O) groups is 1. The molecule has 1 atom stereocenters. The SMILES string of the molecule is COc1cc([C@@H]2C3=C(CCCC3=O)Nc3c(C#N)cnn32)cc(OC)c1OC. The van der Waals surface area contributed by atoms with Gasteiger partial charge in [-0.1, -0.05) is 0 Å². The van der Waals surface area contributed by atoms with Gasteiger partial charge in [0, 0.05) is 17.7 Å². The lowest BCUT2D eigenvalue weighted by atomic mass is 9.85. The van der Waals surface area contributed by atoms with Crippen LogP contribution in [0.2, 0.25) is 0 Å². The number of benzene rings is 1. The largest absolute Gasteiger partial charge is 0.493 e. The van der Waals surface area contributed by atoms with Crippen molar-refractivity contribution in [2.45, 2.75) is 25.3 Å². The number of allylic oxidation sites excluding steroid dienone is 2. The molecule has 1 aromatic carbocycles. The van der Waals surface area contributed by atoms with Crippen LogP contribution >= 0.6 is 0 Å². The first-order valence-corrected chi connectivity index (χ1v) is 8.93. The van der Waals surface area contributed by atoms with Crippen molar-refractivity contribution in [3.8, 4) is 23.3 Å². The second-order valence-corrected chi connectivity index (χ2v) is 6.62. The predicted octanol–water partition coefficient (Wildman–Crippen LogP) is 2.80. The maximum absolute atomic E-state index is 12.8. The normalized spacial score (nSPS) is 17.9. The van der Waals surface area contributed by atoms with Crippen molar-refractivity contribution in [1.29, 1.82) is 5.26 Å². The van der Waals surface area contributed by atoms with E-state index in [9.17, 15) is 10.1 Å². The van der Waals surface area contributed by atoms with Crippen LogP contribution in [0.4, 0.5) is 5.82 Å². The Hall–Kier alpha value is -3.47. The molecule has 8 nitrogen and oxygen atoms in total. The Balaban J connectivity index is 1.97. The molecule has 1 aliphatic carbocycles. The van der Waals surface area contributed by atoms with Gasteiger partial charge in [0.05, 0.1) is 27.5 Å². The molecule has 0 saturated carbocycles. The summed E-state index contributed by atoms with van der Waals surface area (Å²) >= 11 is 0. The molecule has 0 saturated heterocycles. The van der Waals surface area contributed by atoms with Gasteiger partial charge in [-0.05, 0) is 30.5 Å². The van der Waals surface area contributed by atoms with Crippen molar-refractivity contribution >= 4 is 11.6 Å². The van der Waals surface area contributed by atoms with Gasteiger partial charge in [-0.2, -0.15) is 10.4 Å². The summed E-state index contributed by atoms with van der Waals surface area (Å²) in [5.74, 6) is 2.14. The highest BCUT2D eigenvalue weighted by atomic mass is 16.5. The molecule has 0 fully saturated rings. The number of fused-ring (bicyclic) bond motifs is 1. The highest BCUT2D eigenvalue weighted by Gasteiger charge is 2.37. The molecule has 0 spiro atoms. The van der Waals surface area contributed by atoms with Gasteiger partial charge in [0.25, 0.3) is 0 Å². The fraction of sp³-hybridized carbons (Fsp3) is 0.350. The zero-order valence-electron chi connectivity index (χ0n) is 15.9. The van der Waals surface area contributed by atoms with Gasteiger partial charge in [-0.3, -0.25) is 4.79 Å². The van der Waals surface area contributed by atoms with Crippen molar-refractivity contribution in [2.75, 3.05) is 26.6 Å². The fourth-order valence-corrected chi connectivity index (χ4v) is 3.91. The van der Waals surface area contributed by atoms with E-state index in [4.69, 9.17) is 14.2 Å². The molecule has 1 aromatic heterocycles. The second kappa shape index (κ2) is 6.93. The van der Waals surface area contributed by atoms with Crippen LogP contribution in [0.15, 0.2) is 29.6 Å². The Morgan fingerprint density at radius 2 is 1.89 bits per heavy atom. The van der Waals surface area contributed by atoms with Gasteiger partial charge in [0.2, 0.25) is 5.75 Å². The van der Waals surface area contributed by atoms with Gasteiger partial charge in [-0.15, -0.1) is 0 Å². The van der Waals surface area contributed by atoms with Crippen LogP contribution in [0, 0.1) is 11.3 Å². The molecule has 0 unspecified atom stereocenters. The third kappa shape index (κ3) is 2.59. The number of hydrogen-bond acceptors (Lipinski definition) is 7. The third-order valence-electron chi connectivity index (χ3n) is 5.16. The van der Waals surface area contributed by atoms with Crippen LogP contribution in [-0.4, -0.2) is 36.9 Å². The molecule has 2 aromatic rings. The first kappa shape index (κ1) is 17.9. The molecule has 2 aliphatic rings. The summed E-state index contributed by atoms with van der Waals surface area (Å²) in [4.78, 5) is 12.8. The van der Waals surface area contributed by atoms with Crippen LogP contribution in [0.5, 0.6) is 17.2 Å². The number of ketones is 1. The Morgan fingerprint density at radius 1 is 1.18 bits per heavy atom. The van der Waals surface area contributed by atoms with Gasteiger partial charge in [0.1, 0.15) is 23.5 Å². The molecule has 2 heterocycles. The smallest absolute Gasteiger partial charge is 0.203 e. The highest BCUT2D eigenvalue weighted by molar-refractivity contribution is 5.99. The van der Waals surface area contributed by atoms with Crippen molar-refractivity contribution in [1.82, 2.24) is 9.78 Å². The first-order chi connectivity index (χ1) is 13.6.